The molecule has 0 bridgehead atoms. The van der Waals surface area contributed by atoms with Gasteiger partial charge in [0.1, 0.15) is 15.7 Å². The number of nitrogens with zero attached hydrogens (tertiary/aromatic N) is 3. The van der Waals surface area contributed by atoms with Gasteiger partial charge in [-0.2, -0.15) is 0 Å². The fourth-order valence-electron chi connectivity index (χ4n) is 12.0. The summed E-state index contributed by atoms with van der Waals surface area (Å²) in [7, 11) is 2.61. The second-order valence-electron chi connectivity index (χ2n) is 22.8. The first kappa shape index (κ1) is 45.6. The van der Waals surface area contributed by atoms with Crippen LogP contribution in [0.2, 0.25) is 0 Å². The highest BCUT2D eigenvalue weighted by molar-refractivity contribution is 8.32. The molecule has 10 aromatic rings. The molecule has 2 aliphatic carbocycles. The molecule has 0 radical (unpaired) electrons. The second-order valence-corrected chi connectivity index (χ2v) is 31.1. The van der Waals surface area contributed by atoms with Crippen LogP contribution in [0.1, 0.15) is 49.9 Å². The van der Waals surface area contributed by atoms with Crippen LogP contribution in [0.25, 0.3) is 49.9 Å². The Bertz CT molecular complexity index is 3490. The van der Waals surface area contributed by atoms with Crippen molar-refractivity contribution in [1.29, 1.82) is 0 Å². The molecular formula is C64H63B2N3S2. The fraction of sp³-hybridized carbons (Fsp3) is 0.188. The number of benzene rings is 8. The van der Waals surface area contributed by atoms with Gasteiger partial charge in [-0.25, -0.2) is 20.1 Å². The number of anilines is 6. The van der Waals surface area contributed by atoms with Crippen LogP contribution >= 0.6 is 20.1 Å². The molecular weight excluding hydrogens is 896 g/mol. The average Bonchev–Trinajstić information content (AvgIpc) is 4.02. The van der Waals surface area contributed by atoms with E-state index in [-0.39, 0.29) is 10.8 Å². The molecule has 0 atom stereocenters. The van der Waals surface area contributed by atoms with Crippen LogP contribution in [0, 0.1) is 0 Å². The van der Waals surface area contributed by atoms with Crippen molar-refractivity contribution in [1.82, 2.24) is 4.40 Å². The van der Waals surface area contributed by atoms with Gasteiger partial charge in [0.25, 0.3) is 0 Å². The molecule has 7 heteroatoms. The Morgan fingerprint density at radius 3 is 1.11 bits per heavy atom. The third kappa shape index (κ3) is 7.12. The van der Waals surface area contributed by atoms with Crippen LogP contribution in [-0.4, -0.2) is 57.6 Å². The maximum absolute atomic E-state index is 2.70. The summed E-state index contributed by atoms with van der Waals surface area (Å²) in [6.07, 6.45) is 14.2. The molecule has 0 N–H and O–H groups in total. The van der Waals surface area contributed by atoms with E-state index in [1.165, 1.54) is 116 Å². The van der Waals surface area contributed by atoms with E-state index in [1.807, 2.05) is 0 Å². The third-order valence-corrected chi connectivity index (χ3v) is 19.1. The van der Waals surface area contributed by atoms with Crippen molar-refractivity contribution in [2.45, 2.75) is 48.3 Å². The minimum absolute atomic E-state index is 0.285. The van der Waals surface area contributed by atoms with Crippen molar-refractivity contribution in [3.05, 3.63) is 198 Å². The molecule has 0 spiro atoms. The predicted molar refractivity (Wildman–Crippen MR) is 320 cm³/mol. The smallest absolute Gasteiger partial charge is 0.139 e. The Morgan fingerprint density at radius 2 is 0.746 bits per heavy atom. The van der Waals surface area contributed by atoms with Crippen LogP contribution < -0.4 is 20.7 Å². The molecule has 0 unspecified atom stereocenters. The zero-order valence-electron chi connectivity index (χ0n) is 43.4. The van der Waals surface area contributed by atoms with E-state index in [0.717, 1.165) is 11.4 Å². The van der Waals surface area contributed by atoms with Gasteiger partial charge in [-0.15, -0.1) is 0 Å². The largest absolute Gasteiger partial charge is 0.310 e. The zero-order valence-corrected chi connectivity index (χ0v) is 45.0. The van der Waals surface area contributed by atoms with E-state index in [0.29, 0.717) is 0 Å². The second kappa shape index (κ2) is 16.0. The van der Waals surface area contributed by atoms with Gasteiger partial charge >= 0.3 is 0 Å². The molecule has 0 aliphatic heterocycles. The Labute approximate surface area is 426 Å². The molecule has 0 fully saturated rings. The van der Waals surface area contributed by atoms with E-state index in [4.69, 9.17) is 0 Å². The van der Waals surface area contributed by atoms with Gasteiger partial charge < -0.3 is 14.2 Å². The number of fused-ring (bicyclic) bond motifs is 10. The Kier molecular flexibility index (Phi) is 10.3. The fourth-order valence-corrected chi connectivity index (χ4v) is 13.9. The lowest BCUT2D eigenvalue weighted by atomic mass is 9.79. The topological polar surface area (TPSA) is 10.9 Å². The van der Waals surface area contributed by atoms with Crippen LogP contribution in [0.5, 0.6) is 0 Å². The van der Waals surface area contributed by atoms with Gasteiger partial charge in [0.2, 0.25) is 0 Å². The molecule has 2 aliphatic rings. The molecule has 71 heavy (non-hydrogen) atoms. The van der Waals surface area contributed by atoms with Gasteiger partial charge in [-0.1, -0.05) is 105 Å². The lowest BCUT2D eigenvalue weighted by Gasteiger charge is -2.30. The Morgan fingerprint density at radius 1 is 0.394 bits per heavy atom. The third-order valence-electron chi connectivity index (χ3n) is 15.7. The van der Waals surface area contributed by atoms with E-state index in [2.05, 4.69) is 271 Å². The maximum atomic E-state index is 2.70. The molecule has 0 amide bonds. The molecule has 3 nitrogen and oxygen atoms in total. The van der Waals surface area contributed by atoms with Crippen molar-refractivity contribution < 1.29 is 0 Å². The molecule has 12 rings (SSSR count). The molecule has 0 saturated heterocycles. The molecule has 352 valence electrons. The summed E-state index contributed by atoms with van der Waals surface area (Å²) in [6.45, 7) is 9.84. The molecule has 2 aromatic heterocycles. The first-order valence-corrected chi connectivity index (χ1v) is 30.7. The van der Waals surface area contributed by atoms with Gasteiger partial charge in [0.15, 0.2) is 0 Å². The average molecular weight is 960 g/mol. The van der Waals surface area contributed by atoms with Crippen molar-refractivity contribution in [3.8, 4) is 33.6 Å². The van der Waals surface area contributed by atoms with E-state index in [9.17, 15) is 0 Å². The highest BCUT2D eigenvalue weighted by Gasteiger charge is 2.47. The molecule has 2 heterocycles. The minimum atomic E-state index is -0.864. The van der Waals surface area contributed by atoms with Crippen molar-refractivity contribution in [2.75, 3.05) is 47.3 Å². The predicted octanol–water partition coefficient (Wildman–Crippen LogP) is 14.4. The monoisotopic (exact) mass is 959 g/mol. The van der Waals surface area contributed by atoms with Crippen LogP contribution in [-0.2, 0) is 10.8 Å². The summed E-state index contributed by atoms with van der Waals surface area (Å²) in [5.41, 5.74) is 23.6. The standard InChI is InChI=1S/C64H63B2N3S2/c1-63(2)56-38-48(67(44-20-16-42(65)17-21-44)46-24-30-50(31-25-46)70(5,6)7)28-34-52(56)61-58(63)54-36-41(40-14-12-11-13-15-40)37-55-59-62(69(61)60(54)55)53-35-29-49(39-57(53)64(59,3)4)68(45-22-18-43(66)19-23-45)47-26-32-51(33-27-47)71(8,9)10/h11-39H,65-66H2,1-10H3. The Hall–Kier alpha value is -6.53. The first-order valence-electron chi connectivity index (χ1n) is 24.9. The summed E-state index contributed by atoms with van der Waals surface area (Å²) in [4.78, 5) is 7.72. The SMILES string of the molecule is Bc1ccc(N(c2ccc(S(C)(C)C)cc2)c2ccc3c(c2)C(C)(C)c2c-3n3c4c(c5cc(-c6ccccc6)cc2c53)C(C)(C)c2cc(N(c3ccc(B)cc3)c3ccc(S(C)(C)C)cc3)ccc2-4)cc1. The minimum Gasteiger partial charge on any atom is -0.310 e. The lowest BCUT2D eigenvalue weighted by molar-refractivity contribution is 0.664. The zero-order chi connectivity index (χ0) is 49.5. The van der Waals surface area contributed by atoms with E-state index < -0.39 is 20.1 Å². The van der Waals surface area contributed by atoms with Gasteiger partial charge in [0, 0.05) is 66.9 Å². The summed E-state index contributed by atoms with van der Waals surface area (Å²) < 4.78 is 2.70. The van der Waals surface area contributed by atoms with E-state index in [1.54, 1.807) is 0 Å². The highest BCUT2D eigenvalue weighted by atomic mass is 32.3. The van der Waals surface area contributed by atoms with Crippen LogP contribution in [0.3, 0.4) is 0 Å². The number of rotatable bonds is 9. The van der Waals surface area contributed by atoms with E-state index >= 15 is 0 Å². The van der Waals surface area contributed by atoms with Gasteiger partial charge in [-0.05, 0) is 190 Å². The highest BCUT2D eigenvalue weighted by Crippen LogP contribution is 2.62. The quantitative estimate of drug-likeness (QED) is 0.134. The lowest BCUT2D eigenvalue weighted by Crippen LogP contribution is -2.17. The maximum Gasteiger partial charge on any atom is 0.139 e. The summed E-state index contributed by atoms with van der Waals surface area (Å²) >= 11 is 0. The first-order chi connectivity index (χ1) is 33.8. The number of hydrogen-bond donors (Lipinski definition) is 0. The summed E-state index contributed by atoms with van der Waals surface area (Å²) in [5.74, 6) is 0. The number of aromatic nitrogens is 1. The van der Waals surface area contributed by atoms with Gasteiger partial charge in [0.05, 0.1) is 16.9 Å². The van der Waals surface area contributed by atoms with Gasteiger partial charge in [-0.3, -0.25) is 0 Å². The van der Waals surface area contributed by atoms with Crippen molar-refractivity contribution in [3.63, 3.8) is 0 Å². The van der Waals surface area contributed by atoms with Crippen LogP contribution in [0.4, 0.5) is 34.1 Å². The summed E-state index contributed by atoms with van der Waals surface area (Å²) in [5, 5.41) is 2.70. The number of hydrogen-bond acceptors (Lipinski definition) is 2. The normalized spacial score (nSPS) is 14.8. The molecule has 0 saturated carbocycles. The molecule has 8 aromatic carbocycles. The Balaban J connectivity index is 1.08. The van der Waals surface area contributed by atoms with Crippen molar-refractivity contribution >= 4 is 97.1 Å². The van der Waals surface area contributed by atoms with Crippen LogP contribution in [0.15, 0.2) is 186 Å². The summed E-state index contributed by atoms with van der Waals surface area (Å²) in [6, 6.07) is 67.2. The van der Waals surface area contributed by atoms with Crippen molar-refractivity contribution in [2.24, 2.45) is 0 Å².